The molecule has 0 saturated carbocycles. The maximum absolute atomic E-state index is 13.6. The molecule has 27 heavy (non-hydrogen) atoms. The minimum absolute atomic E-state index is 0.0750. The first kappa shape index (κ1) is 18.6. The van der Waals surface area contributed by atoms with Crippen molar-refractivity contribution >= 4 is 40.1 Å². The number of nitrogens with one attached hydrogen (secondary N) is 1. The number of fused-ring (bicyclic) bond motifs is 1. The van der Waals surface area contributed by atoms with Crippen molar-refractivity contribution in [3.63, 3.8) is 0 Å². The Morgan fingerprint density at radius 3 is 2.70 bits per heavy atom. The van der Waals surface area contributed by atoms with Crippen LogP contribution in [0.5, 0.6) is 0 Å². The zero-order valence-corrected chi connectivity index (χ0v) is 15.0. The molecule has 136 valence electrons. The number of carboxylic acid groups (broad SMARTS) is 1. The van der Waals surface area contributed by atoms with Crippen molar-refractivity contribution < 1.29 is 14.3 Å². The largest absolute Gasteiger partial charge is 0.481 e. The third-order valence-electron chi connectivity index (χ3n) is 3.68. The first-order valence-corrected chi connectivity index (χ1v) is 9.13. The molecule has 0 saturated heterocycles. The van der Waals surface area contributed by atoms with Crippen molar-refractivity contribution in [1.82, 2.24) is 9.97 Å². The summed E-state index contributed by atoms with van der Waals surface area (Å²) < 4.78 is 13.6. The maximum atomic E-state index is 13.6. The minimum Gasteiger partial charge on any atom is -0.481 e. The molecule has 3 rings (SSSR count). The fourth-order valence-electron chi connectivity index (χ4n) is 2.39. The molecule has 0 bridgehead atoms. The van der Waals surface area contributed by atoms with Gasteiger partial charge in [-0.05, 0) is 42.8 Å². The highest BCUT2D eigenvalue weighted by molar-refractivity contribution is 7.99. The van der Waals surface area contributed by atoms with Gasteiger partial charge < -0.3 is 10.4 Å². The van der Waals surface area contributed by atoms with Gasteiger partial charge in [0, 0.05) is 29.3 Å². The first-order chi connectivity index (χ1) is 13.0. The van der Waals surface area contributed by atoms with Crippen LogP contribution in [-0.2, 0) is 4.79 Å². The molecule has 0 radical (unpaired) electrons. The second kappa shape index (κ2) is 8.47. The van der Waals surface area contributed by atoms with Crippen LogP contribution in [0.2, 0.25) is 0 Å². The van der Waals surface area contributed by atoms with Crippen LogP contribution in [0, 0.1) is 17.1 Å². The Morgan fingerprint density at radius 1 is 1.22 bits per heavy atom. The van der Waals surface area contributed by atoms with Crippen LogP contribution in [0.15, 0.2) is 47.6 Å². The molecule has 0 atom stereocenters. The molecule has 0 aliphatic carbocycles. The van der Waals surface area contributed by atoms with Gasteiger partial charge in [0.25, 0.3) is 0 Å². The van der Waals surface area contributed by atoms with Crippen molar-refractivity contribution in [3.8, 4) is 6.07 Å². The molecule has 2 aromatic carbocycles. The number of nitriles is 1. The minimum atomic E-state index is -0.847. The Morgan fingerprint density at radius 2 is 2.00 bits per heavy atom. The van der Waals surface area contributed by atoms with Crippen LogP contribution < -0.4 is 5.32 Å². The van der Waals surface area contributed by atoms with E-state index in [0.717, 1.165) is 5.69 Å². The number of thioether (sulfide) groups is 1. The Labute approximate surface area is 159 Å². The Hall–Kier alpha value is -3.18. The van der Waals surface area contributed by atoms with Crippen LogP contribution in [0.25, 0.3) is 10.9 Å². The van der Waals surface area contributed by atoms with Crippen LogP contribution >= 0.6 is 11.8 Å². The van der Waals surface area contributed by atoms with E-state index in [-0.39, 0.29) is 6.42 Å². The summed E-state index contributed by atoms with van der Waals surface area (Å²) in [5.74, 6) is -0.179. The van der Waals surface area contributed by atoms with E-state index in [1.807, 2.05) is 0 Å². The number of hydrogen-bond acceptors (Lipinski definition) is 6. The number of aliphatic carboxylic acids is 1. The van der Waals surface area contributed by atoms with Gasteiger partial charge in [-0.1, -0.05) is 11.8 Å². The quantitative estimate of drug-likeness (QED) is 0.356. The monoisotopic (exact) mass is 382 g/mol. The number of hydrogen-bond donors (Lipinski definition) is 2. The van der Waals surface area contributed by atoms with Gasteiger partial charge in [-0.3, -0.25) is 4.79 Å². The predicted molar refractivity (Wildman–Crippen MR) is 102 cm³/mol. The first-order valence-electron chi connectivity index (χ1n) is 8.14. The summed E-state index contributed by atoms with van der Waals surface area (Å²) in [6, 6.07) is 13.2. The molecule has 0 unspecified atom stereocenters. The lowest BCUT2D eigenvalue weighted by Gasteiger charge is -2.11. The Balaban J connectivity index is 1.88. The lowest BCUT2D eigenvalue weighted by atomic mass is 10.2. The fourth-order valence-corrected chi connectivity index (χ4v) is 3.18. The number of aromatic nitrogens is 2. The Bertz CT molecular complexity index is 1020. The number of anilines is 2. The Kier molecular flexibility index (Phi) is 5.84. The standard InChI is InChI=1S/C19H15FN4O2S/c20-13-5-8-15-16(10-13)23-19(27-9-1-2-17(25)26)24-18(15)22-14-6-3-12(11-21)4-7-14/h3-8,10H,1-2,9H2,(H,25,26)(H,22,23,24). The zero-order chi connectivity index (χ0) is 19.2. The van der Waals surface area contributed by atoms with Gasteiger partial charge in [0.1, 0.15) is 11.6 Å². The fraction of sp³-hybridized carbons (Fsp3) is 0.158. The average Bonchev–Trinajstić information content (AvgIpc) is 2.65. The molecule has 0 fully saturated rings. The summed E-state index contributed by atoms with van der Waals surface area (Å²) in [5.41, 5.74) is 1.74. The number of benzene rings is 2. The van der Waals surface area contributed by atoms with E-state index < -0.39 is 11.8 Å². The highest BCUT2D eigenvalue weighted by Gasteiger charge is 2.10. The van der Waals surface area contributed by atoms with Crippen molar-refractivity contribution in [3.05, 3.63) is 53.8 Å². The zero-order valence-electron chi connectivity index (χ0n) is 14.1. The van der Waals surface area contributed by atoms with Crippen LogP contribution in [-0.4, -0.2) is 26.8 Å². The van der Waals surface area contributed by atoms with Crippen molar-refractivity contribution in [2.75, 3.05) is 11.1 Å². The third kappa shape index (κ3) is 4.92. The van der Waals surface area contributed by atoms with Crippen LogP contribution in [0.3, 0.4) is 0 Å². The SMILES string of the molecule is N#Cc1ccc(Nc2nc(SCCCC(=O)O)nc3cc(F)ccc23)cc1. The number of halogens is 1. The van der Waals surface area contributed by atoms with Gasteiger partial charge >= 0.3 is 5.97 Å². The summed E-state index contributed by atoms with van der Waals surface area (Å²) in [4.78, 5) is 19.5. The maximum Gasteiger partial charge on any atom is 0.303 e. The molecule has 2 N–H and O–H groups in total. The van der Waals surface area contributed by atoms with E-state index in [0.29, 0.717) is 39.6 Å². The summed E-state index contributed by atoms with van der Waals surface area (Å²) in [6.45, 7) is 0. The summed E-state index contributed by atoms with van der Waals surface area (Å²) in [6.07, 6.45) is 0.564. The number of carboxylic acids is 1. The molecular formula is C19H15FN4O2S. The molecular weight excluding hydrogens is 367 g/mol. The van der Waals surface area contributed by atoms with Gasteiger partial charge in [0.05, 0.1) is 17.1 Å². The van der Waals surface area contributed by atoms with E-state index in [2.05, 4.69) is 21.4 Å². The van der Waals surface area contributed by atoms with Gasteiger partial charge in [-0.25, -0.2) is 14.4 Å². The predicted octanol–water partition coefficient (Wildman–Crippen LogP) is 4.34. The average molecular weight is 382 g/mol. The molecule has 0 aliphatic heterocycles. The molecule has 3 aromatic rings. The summed E-state index contributed by atoms with van der Waals surface area (Å²) >= 11 is 1.32. The highest BCUT2D eigenvalue weighted by atomic mass is 32.2. The van der Waals surface area contributed by atoms with E-state index in [9.17, 15) is 9.18 Å². The number of carbonyl (C=O) groups is 1. The molecule has 1 heterocycles. The molecule has 0 aliphatic rings. The molecule has 0 amide bonds. The van der Waals surface area contributed by atoms with Gasteiger partial charge in [-0.2, -0.15) is 5.26 Å². The third-order valence-corrected chi connectivity index (χ3v) is 4.61. The second-order valence-electron chi connectivity index (χ2n) is 5.68. The van der Waals surface area contributed by atoms with Gasteiger partial charge in [0.2, 0.25) is 0 Å². The number of rotatable bonds is 7. The summed E-state index contributed by atoms with van der Waals surface area (Å²) in [7, 11) is 0. The van der Waals surface area contributed by atoms with Gasteiger partial charge in [-0.15, -0.1) is 0 Å². The number of nitrogens with zero attached hydrogens (tertiary/aromatic N) is 3. The second-order valence-corrected chi connectivity index (χ2v) is 6.74. The topological polar surface area (TPSA) is 98.9 Å². The van der Waals surface area contributed by atoms with Gasteiger partial charge in [0.15, 0.2) is 5.16 Å². The van der Waals surface area contributed by atoms with E-state index in [1.54, 1.807) is 30.3 Å². The van der Waals surface area contributed by atoms with Crippen LogP contribution in [0.1, 0.15) is 18.4 Å². The van der Waals surface area contributed by atoms with Crippen molar-refractivity contribution in [2.45, 2.75) is 18.0 Å². The van der Waals surface area contributed by atoms with Crippen molar-refractivity contribution in [2.24, 2.45) is 0 Å². The molecule has 0 spiro atoms. The highest BCUT2D eigenvalue weighted by Crippen LogP contribution is 2.28. The van der Waals surface area contributed by atoms with E-state index in [1.165, 1.54) is 23.9 Å². The summed E-state index contributed by atoms with van der Waals surface area (Å²) in [5, 5.41) is 21.9. The smallest absolute Gasteiger partial charge is 0.303 e. The van der Waals surface area contributed by atoms with Crippen molar-refractivity contribution in [1.29, 1.82) is 5.26 Å². The molecule has 6 nitrogen and oxygen atoms in total. The lowest BCUT2D eigenvalue weighted by molar-refractivity contribution is -0.137. The molecule has 1 aromatic heterocycles. The van der Waals surface area contributed by atoms with Crippen LogP contribution in [0.4, 0.5) is 15.9 Å². The molecule has 8 heteroatoms. The lowest BCUT2D eigenvalue weighted by Crippen LogP contribution is -2.00. The van der Waals surface area contributed by atoms with E-state index in [4.69, 9.17) is 10.4 Å². The normalized spacial score (nSPS) is 10.5. The van der Waals surface area contributed by atoms with E-state index >= 15 is 0 Å².